The molecule has 0 fully saturated rings. The molecular weight excluding hydrogens is 229 g/mol. The molecule has 66 valence electrons. The topological polar surface area (TPSA) is 41.2 Å². The number of hydrogen-bond donors (Lipinski definition) is 1. The third-order valence-corrected chi connectivity index (χ3v) is 1.14. The Morgan fingerprint density at radius 3 is 2.83 bits per heavy atom. The number of nitrogens with zero attached hydrogens (tertiary/aromatic N) is 1. The van der Waals surface area contributed by atoms with Crippen LogP contribution in [0.3, 0.4) is 0 Å². The van der Waals surface area contributed by atoms with E-state index in [1.807, 2.05) is 0 Å². The van der Waals surface area contributed by atoms with Gasteiger partial charge in [-0.3, -0.25) is 0 Å². The van der Waals surface area contributed by atoms with Crippen LogP contribution in [0.1, 0.15) is 0 Å². The molecular formula is C7H7BrFNO2. The minimum atomic E-state index is -0.986. The zero-order valence-electron chi connectivity index (χ0n) is 6.08. The lowest BCUT2D eigenvalue weighted by Crippen LogP contribution is -3.00. The van der Waals surface area contributed by atoms with Gasteiger partial charge in [0.05, 0.1) is 0 Å². The molecule has 0 radical (unpaired) electrons. The minimum absolute atomic E-state index is 0. The molecule has 0 bridgehead atoms. The predicted octanol–water partition coefficient (Wildman–Crippen LogP) is -2.80. The van der Waals surface area contributed by atoms with Gasteiger partial charge < -0.3 is 22.1 Å². The lowest BCUT2D eigenvalue weighted by molar-refractivity contribution is -0.687. The summed E-state index contributed by atoms with van der Waals surface area (Å²) in [4.78, 5) is 10.1. The van der Waals surface area contributed by atoms with Crippen LogP contribution in [0.25, 0.3) is 0 Å². The highest BCUT2D eigenvalue weighted by molar-refractivity contribution is 5.64. The fraction of sp³-hybridized carbons (Fsp3) is 0.143. The van der Waals surface area contributed by atoms with Crippen LogP contribution in [-0.4, -0.2) is 11.1 Å². The van der Waals surface area contributed by atoms with E-state index in [0.29, 0.717) is 0 Å². The van der Waals surface area contributed by atoms with Gasteiger partial charge in [0.25, 0.3) is 0 Å². The SMILES string of the molecule is O=C(O)C[n+]1cccc(F)c1.[Br-]. The summed E-state index contributed by atoms with van der Waals surface area (Å²) >= 11 is 0. The first-order chi connectivity index (χ1) is 5.18. The van der Waals surface area contributed by atoms with E-state index in [2.05, 4.69) is 0 Å². The predicted molar refractivity (Wildman–Crippen MR) is 34.2 cm³/mol. The number of pyridine rings is 1. The van der Waals surface area contributed by atoms with Gasteiger partial charge in [-0.25, -0.2) is 9.18 Å². The maximum atomic E-state index is 12.4. The smallest absolute Gasteiger partial charge is 0.370 e. The number of hydrogen-bond acceptors (Lipinski definition) is 1. The molecule has 0 aromatic carbocycles. The molecule has 1 rings (SSSR count). The molecule has 0 aliphatic rings. The highest BCUT2D eigenvalue weighted by Crippen LogP contribution is 1.88. The van der Waals surface area contributed by atoms with Crippen molar-refractivity contribution in [3.8, 4) is 0 Å². The molecule has 1 heterocycles. The van der Waals surface area contributed by atoms with E-state index < -0.39 is 11.8 Å². The van der Waals surface area contributed by atoms with Crippen molar-refractivity contribution in [1.29, 1.82) is 0 Å². The summed E-state index contributed by atoms with van der Waals surface area (Å²) in [6.07, 6.45) is 2.63. The van der Waals surface area contributed by atoms with Crippen LogP contribution < -0.4 is 21.5 Å². The van der Waals surface area contributed by atoms with Gasteiger partial charge in [0.15, 0.2) is 12.0 Å². The first kappa shape index (κ1) is 11.0. The lowest BCUT2D eigenvalue weighted by Gasteiger charge is -1.89. The van der Waals surface area contributed by atoms with E-state index >= 15 is 0 Å². The van der Waals surface area contributed by atoms with Gasteiger partial charge in [-0.2, -0.15) is 4.57 Å². The van der Waals surface area contributed by atoms with Gasteiger partial charge in [-0.05, 0) is 6.07 Å². The Bertz CT molecular complexity index is 280. The summed E-state index contributed by atoms with van der Waals surface area (Å²) in [5.74, 6) is -1.42. The Hall–Kier alpha value is -0.970. The summed E-state index contributed by atoms with van der Waals surface area (Å²) in [6.45, 7) is -0.211. The van der Waals surface area contributed by atoms with Crippen LogP contribution in [0.5, 0.6) is 0 Å². The Morgan fingerprint density at radius 1 is 1.67 bits per heavy atom. The van der Waals surface area contributed by atoms with E-state index in [1.165, 1.54) is 22.9 Å². The maximum Gasteiger partial charge on any atom is 0.370 e. The highest BCUT2D eigenvalue weighted by atomic mass is 79.9. The molecule has 0 atom stereocenters. The number of aromatic nitrogens is 1. The van der Waals surface area contributed by atoms with Crippen molar-refractivity contribution >= 4 is 5.97 Å². The minimum Gasteiger partial charge on any atom is -1.00 e. The van der Waals surface area contributed by atoms with Crippen molar-refractivity contribution in [2.75, 3.05) is 0 Å². The van der Waals surface area contributed by atoms with Gasteiger partial charge in [-0.1, -0.05) is 0 Å². The Labute approximate surface area is 79.2 Å². The third kappa shape index (κ3) is 3.43. The maximum absolute atomic E-state index is 12.4. The van der Waals surface area contributed by atoms with Crippen LogP contribution in [0.15, 0.2) is 24.5 Å². The third-order valence-electron chi connectivity index (χ3n) is 1.14. The van der Waals surface area contributed by atoms with Gasteiger partial charge in [-0.15, -0.1) is 0 Å². The van der Waals surface area contributed by atoms with Crippen molar-refractivity contribution < 1.29 is 35.8 Å². The molecule has 5 heteroatoms. The van der Waals surface area contributed by atoms with Crippen LogP contribution in [0.4, 0.5) is 4.39 Å². The van der Waals surface area contributed by atoms with Crippen molar-refractivity contribution in [1.82, 2.24) is 0 Å². The van der Waals surface area contributed by atoms with Crippen molar-refractivity contribution in [2.45, 2.75) is 6.54 Å². The molecule has 1 N–H and O–H groups in total. The number of carboxylic acids is 1. The van der Waals surface area contributed by atoms with Crippen LogP contribution >= 0.6 is 0 Å². The molecule has 0 aliphatic heterocycles. The van der Waals surface area contributed by atoms with Crippen molar-refractivity contribution in [3.05, 3.63) is 30.3 Å². The number of halogens is 2. The molecule has 12 heavy (non-hydrogen) atoms. The van der Waals surface area contributed by atoms with E-state index in [4.69, 9.17) is 5.11 Å². The number of rotatable bonds is 2. The molecule has 0 unspecified atom stereocenters. The summed E-state index contributed by atoms with van der Waals surface area (Å²) in [6, 6.07) is 2.72. The van der Waals surface area contributed by atoms with Gasteiger partial charge in [0, 0.05) is 6.07 Å². The largest absolute Gasteiger partial charge is 1.00 e. The fourth-order valence-corrected chi connectivity index (χ4v) is 0.745. The monoisotopic (exact) mass is 235 g/mol. The molecule has 3 nitrogen and oxygen atoms in total. The number of carbonyl (C=O) groups is 1. The molecule has 1 aromatic heterocycles. The molecule has 0 saturated heterocycles. The summed E-state index contributed by atoms with van der Waals surface area (Å²) in [7, 11) is 0. The van der Waals surface area contributed by atoms with Crippen LogP contribution in [0, 0.1) is 5.82 Å². The second kappa shape index (κ2) is 4.82. The standard InChI is InChI=1S/C7H6FNO2.BrH/c8-6-2-1-3-9(4-6)5-7(10)11;/h1-4H,5H2;1H. The van der Waals surface area contributed by atoms with E-state index in [9.17, 15) is 9.18 Å². The van der Waals surface area contributed by atoms with Crippen LogP contribution in [-0.2, 0) is 11.3 Å². The second-order valence-corrected chi connectivity index (χ2v) is 2.09. The van der Waals surface area contributed by atoms with Gasteiger partial charge >= 0.3 is 5.97 Å². The van der Waals surface area contributed by atoms with Gasteiger partial charge in [0.2, 0.25) is 12.7 Å². The molecule has 1 aromatic rings. The van der Waals surface area contributed by atoms with E-state index in [1.54, 1.807) is 0 Å². The van der Waals surface area contributed by atoms with Crippen molar-refractivity contribution in [2.24, 2.45) is 0 Å². The fourth-order valence-electron chi connectivity index (χ4n) is 0.745. The lowest BCUT2D eigenvalue weighted by atomic mass is 10.4. The highest BCUT2D eigenvalue weighted by Gasteiger charge is 2.06. The van der Waals surface area contributed by atoms with Crippen LogP contribution in [0.2, 0.25) is 0 Å². The van der Waals surface area contributed by atoms with E-state index in [-0.39, 0.29) is 23.5 Å². The van der Waals surface area contributed by atoms with E-state index in [0.717, 1.165) is 6.20 Å². The first-order valence-electron chi connectivity index (χ1n) is 3.05. The number of carboxylic acid groups (broad SMARTS) is 1. The second-order valence-electron chi connectivity index (χ2n) is 2.09. The molecule has 0 amide bonds. The normalized spacial score (nSPS) is 8.75. The summed E-state index contributed by atoms with van der Waals surface area (Å²) < 4.78 is 13.7. The molecule has 0 aliphatic carbocycles. The number of aliphatic carboxylic acids is 1. The quantitative estimate of drug-likeness (QED) is 0.563. The first-order valence-corrected chi connectivity index (χ1v) is 3.05. The Morgan fingerprint density at radius 2 is 2.33 bits per heavy atom. The molecule has 0 spiro atoms. The van der Waals surface area contributed by atoms with Gasteiger partial charge in [0.1, 0.15) is 0 Å². The average molecular weight is 236 g/mol. The van der Waals surface area contributed by atoms with Crippen molar-refractivity contribution in [3.63, 3.8) is 0 Å². The Balaban J connectivity index is 0.00000121. The summed E-state index contributed by atoms with van der Waals surface area (Å²) in [5.41, 5.74) is 0. The zero-order valence-corrected chi connectivity index (χ0v) is 7.66. The zero-order chi connectivity index (χ0) is 8.27. The average Bonchev–Trinajstić information content (AvgIpc) is 1.85. The molecule has 0 saturated carbocycles. The Kier molecular flexibility index (Phi) is 4.43. The summed E-state index contributed by atoms with van der Waals surface area (Å²) in [5, 5.41) is 8.31.